The number of nitrogens with zero attached hydrogens (tertiary/aromatic N) is 3. The summed E-state index contributed by atoms with van der Waals surface area (Å²) in [6.45, 7) is 9.19. The topological polar surface area (TPSA) is 74.7 Å². The molecule has 1 aliphatic rings. The van der Waals surface area contributed by atoms with E-state index in [9.17, 15) is 14.4 Å². The van der Waals surface area contributed by atoms with Gasteiger partial charge in [-0.3, -0.25) is 19.3 Å². The fraction of sp³-hybridized carbons (Fsp3) is 0.476. The number of carbonyl (C=O) groups is 2. The summed E-state index contributed by atoms with van der Waals surface area (Å²) in [6, 6.07) is 5.88. The number of hydrogen-bond acceptors (Lipinski definition) is 5. The number of hydrogen-bond donors (Lipinski definition) is 1. The third-order valence-corrected chi connectivity index (χ3v) is 6.38. The van der Waals surface area contributed by atoms with Crippen LogP contribution in [0.15, 0.2) is 28.4 Å². The summed E-state index contributed by atoms with van der Waals surface area (Å²) in [4.78, 5) is 40.5. The first-order valence-corrected chi connectivity index (χ1v) is 10.7. The maximum absolute atomic E-state index is 12.5. The van der Waals surface area contributed by atoms with Gasteiger partial charge in [0.15, 0.2) is 0 Å². The van der Waals surface area contributed by atoms with Gasteiger partial charge in [-0.2, -0.15) is 0 Å². The fourth-order valence-electron chi connectivity index (χ4n) is 3.47. The lowest BCUT2D eigenvalue weighted by Crippen LogP contribution is -2.50. The number of benzene rings is 1. The minimum absolute atomic E-state index is 0.0185. The highest BCUT2D eigenvalue weighted by molar-refractivity contribution is 7.07. The number of aryl methyl sites for hydroxylation is 2. The lowest BCUT2D eigenvalue weighted by molar-refractivity contribution is -0.133. The monoisotopic (exact) mass is 416 g/mol. The summed E-state index contributed by atoms with van der Waals surface area (Å²) >= 11 is 1.16. The van der Waals surface area contributed by atoms with Gasteiger partial charge in [0.05, 0.1) is 6.54 Å². The minimum atomic E-state index is -0.0363. The molecule has 2 amide bonds. The molecule has 29 heavy (non-hydrogen) atoms. The molecule has 156 valence electrons. The van der Waals surface area contributed by atoms with E-state index in [2.05, 4.69) is 10.2 Å². The molecule has 1 N–H and O–H groups in total. The molecule has 0 spiro atoms. The Bertz CT molecular complexity index is 942. The molecule has 1 saturated heterocycles. The summed E-state index contributed by atoms with van der Waals surface area (Å²) in [5.74, 6) is 0.0211. The van der Waals surface area contributed by atoms with Crippen molar-refractivity contribution >= 4 is 28.8 Å². The molecule has 0 saturated carbocycles. The molecule has 0 atom stereocenters. The van der Waals surface area contributed by atoms with Crippen LogP contribution in [0.2, 0.25) is 0 Å². The molecule has 0 aliphatic carbocycles. The highest BCUT2D eigenvalue weighted by Gasteiger charge is 2.22. The van der Waals surface area contributed by atoms with Crippen molar-refractivity contribution in [3.8, 4) is 0 Å². The Hall–Kier alpha value is -2.45. The first-order valence-electron chi connectivity index (χ1n) is 9.86. The number of anilines is 1. The van der Waals surface area contributed by atoms with Gasteiger partial charge in [0, 0.05) is 55.9 Å². The standard InChI is InChI=1S/C21H28N4O3S/c1-15-5-4-6-18(17(15)3)22-19(26)13-23-9-11-24(12-10-23)20(27)7-8-25-16(2)14-29-21(25)28/h4-6,14H,7-13H2,1-3H3,(H,22,26). The Morgan fingerprint density at radius 3 is 2.48 bits per heavy atom. The molecule has 0 unspecified atom stereocenters. The van der Waals surface area contributed by atoms with Gasteiger partial charge in [-0.25, -0.2) is 0 Å². The van der Waals surface area contributed by atoms with Crippen LogP contribution in [0.1, 0.15) is 23.2 Å². The van der Waals surface area contributed by atoms with Crippen molar-refractivity contribution in [1.29, 1.82) is 0 Å². The van der Waals surface area contributed by atoms with Gasteiger partial charge >= 0.3 is 4.87 Å². The van der Waals surface area contributed by atoms with Crippen molar-refractivity contribution in [2.75, 3.05) is 38.0 Å². The zero-order chi connectivity index (χ0) is 21.0. The molecule has 8 heteroatoms. The van der Waals surface area contributed by atoms with Gasteiger partial charge < -0.3 is 14.8 Å². The van der Waals surface area contributed by atoms with E-state index in [1.54, 1.807) is 4.57 Å². The Balaban J connectivity index is 1.44. The fourth-order valence-corrected chi connectivity index (χ4v) is 4.24. The van der Waals surface area contributed by atoms with Crippen molar-refractivity contribution < 1.29 is 9.59 Å². The molecule has 1 aromatic carbocycles. The van der Waals surface area contributed by atoms with Crippen LogP contribution in [0.3, 0.4) is 0 Å². The van der Waals surface area contributed by atoms with Crippen molar-refractivity contribution in [3.05, 3.63) is 50.1 Å². The second-order valence-electron chi connectivity index (χ2n) is 7.50. The highest BCUT2D eigenvalue weighted by Crippen LogP contribution is 2.18. The summed E-state index contributed by atoms with van der Waals surface area (Å²) in [7, 11) is 0. The van der Waals surface area contributed by atoms with Crippen molar-refractivity contribution in [3.63, 3.8) is 0 Å². The third-order valence-electron chi connectivity index (χ3n) is 5.50. The van der Waals surface area contributed by atoms with Gasteiger partial charge in [0.1, 0.15) is 0 Å². The number of nitrogens with one attached hydrogen (secondary N) is 1. The quantitative estimate of drug-likeness (QED) is 0.782. The van der Waals surface area contributed by atoms with E-state index >= 15 is 0 Å². The lowest BCUT2D eigenvalue weighted by atomic mass is 10.1. The van der Waals surface area contributed by atoms with Crippen molar-refractivity contribution in [1.82, 2.24) is 14.4 Å². The number of thiazole rings is 1. The third kappa shape index (κ3) is 5.33. The smallest absolute Gasteiger partial charge is 0.307 e. The Kier molecular flexibility index (Phi) is 6.87. The van der Waals surface area contributed by atoms with Crippen LogP contribution in [-0.2, 0) is 16.1 Å². The normalized spacial score (nSPS) is 14.8. The van der Waals surface area contributed by atoms with E-state index in [-0.39, 0.29) is 16.7 Å². The summed E-state index contributed by atoms with van der Waals surface area (Å²) in [5, 5.41) is 4.80. The first-order chi connectivity index (χ1) is 13.8. The van der Waals surface area contributed by atoms with Crippen LogP contribution in [0.4, 0.5) is 5.69 Å². The molecule has 1 aliphatic heterocycles. The maximum atomic E-state index is 12.5. The largest absolute Gasteiger partial charge is 0.340 e. The second kappa shape index (κ2) is 9.37. The molecule has 0 radical (unpaired) electrons. The number of carbonyl (C=O) groups excluding carboxylic acids is 2. The lowest BCUT2D eigenvalue weighted by Gasteiger charge is -2.34. The van der Waals surface area contributed by atoms with Crippen molar-refractivity contribution in [2.45, 2.75) is 33.7 Å². The number of piperazine rings is 1. The SMILES string of the molecule is Cc1cccc(NC(=O)CN2CCN(C(=O)CCn3c(C)csc3=O)CC2)c1C. The van der Waals surface area contributed by atoms with Gasteiger partial charge in [-0.05, 0) is 38.0 Å². The summed E-state index contributed by atoms with van der Waals surface area (Å²) in [6.07, 6.45) is 0.324. The summed E-state index contributed by atoms with van der Waals surface area (Å²) in [5.41, 5.74) is 3.97. The predicted octanol–water partition coefficient (Wildman–Crippen LogP) is 2.01. The van der Waals surface area contributed by atoms with Crippen molar-refractivity contribution in [2.24, 2.45) is 0 Å². The zero-order valence-corrected chi connectivity index (χ0v) is 18.1. The Labute approximate surface area is 174 Å². The average molecular weight is 417 g/mol. The molecule has 2 heterocycles. The van der Waals surface area contributed by atoms with Gasteiger partial charge in [-0.1, -0.05) is 23.5 Å². The highest BCUT2D eigenvalue weighted by atomic mass is 32.1. The number of amides is 2. The zero-order valence-electron chi connectivity index (χ0n) is 17.2. The van der Waals surface area contributed by atoms with Crippen LogP contribution in [0.25, 0.3) is 0 Å². The molecular weight excluding hydrogens is 388 g/mol. The maximum Gasteiger partial charge on any atom is 0.307 e. The number of aromatic nitrogens is 1. The van der Waals surface area contributed by atoms with Gasteiger partial charge in [0.2, 0.25) is 11.8 Å². The molecular formula is C21H28N4O3S. The molecule has 2 aromatic rings. The van der Waals surface area contributed by atoms with E-state index in [4.69, 9.17) is 0 Å². The van der Waals surface area contributed by atoms with Gasteiger partial charge in [-0.15, -0.1) is 0 Å². The van der Waals surface area contributed by atoms with Gasteiger partial charge in [0.25, 0.3) is 0 Å². The molecule has 1 fully saturated rings. The van der Waals surface area contributed by atoms with E-state index in [0.717, 1.165) is 33.8 Å². The molecule has 3 rings (SSSR count). The molecule has 0 bridgehead atoms. The van der Waals surface area contributed by atoms with Crippen LogP contribution in [0, 0.1) is 20.8 Å². The Morgan fingerprint density at radius 1 is 1.10 bits per heavy atom. The number of rotatable bonds is 6. The Morgan fingerprint density at radius 2 is 1.83 bits per heavy atom. The van der Waals surface area contributed by atoms with E-state index in [0.29, 0.717) is 45.7 Å². The second-order valence-corrected chi connectivity index (χ2v) is 8.32. The molecule has 7 nitrogen and oxygen atoms in total. The van der Waals surface area contributed by atoms with Crippen LogP contribution in [0.5, 0.6) is 0 Å². The van der Waals surface area contributed by atoms with Crippen LogP contribution >= 0.6 is 11.3 Å². The molecule has 1 aromatic heterocycles. The van der Waals surface area contributed by atoms with Crippen LogP contribution < -0.4 is 10.2 Å². The first kappa shape index (κ1) is 21.3. The minimum Gasteiger partial charge on any atom is -0.340 e. The summed E-state index contributed by atoms with van der Waals surface area (Å²) < 4.78 is 1.65. The van der Waals surface area contributed by atoms with E-state index in [1.165, 1.54) is 0 Å². The van der Waals surface area contributed by atoms with E-state index in [1.807, 2.05) is 49.3 Å². The predicted molar refractivity (Wildman–Crippen MR) is 115 cm³/mol. The van der Waals surface area contributed by atoms with Crippen LogP contribution in [-0.4, -0.2) is 58.9 Å². The average Bonchev–Trinajstić information content (AvgIpc) is 3.02. The van der Waals surface area contributed by atoms with E-state index < -0.39 is 0 Å².